The van der Waals surface area contributed by atoms with Gasteiger partial charge in [-0.05, 0) is 65.8 Å². The molecule has 104 valence electrons. The molecule has 1 heteroatoms. The van der Waals surface area contributed by atoms with Crippen molar-refractivity contribution >= 4 is 10.8 Å². The van der Waals surface area contributed by atoms with Gasteiger partial charge in [0.25, 0.3) is 0 Å². The van der Waals surface area contributed by atoms with E-state index in [1.165, 1.54) is 47.6 Å². The average Bonchev–Trinajstić information content (AvgIpc) is 3.10. The van der Waals surface area contributed by atoms with Crippen LogP contribution < -0.4 is 5.73 Å². The third kappa shape index (κ3) is 1.80. The van der Waals surface area contributed by atoms with Crippen molar-refractivity contribution in [3.63, 3.8) is 0 Å². The third-order valence-electron chi connectivity index (χ3n) is 5.79. The fourth-order valence-corrected chi connectivity index (χ4v) is 4.73. The summed E-state index contributed by atoms with van der Waals surface area (Å²) in [5.74, 6) is 2.56. The zero-order valence-electron chi connectivity index (χ0n) is 12.2. The van der Waals surface area contributed by atoms with E-state index in [9.17, 15) is 0 Å². The van der Waals surface area contributed by atoms with Gasteiger partial charge in [0.15, 0.2) is 0 Å². The molecule has 2 fully saturated rings. The number of nitrogens with two attached hydrogens (primary N) is 1. The monoisotopic (exact) mass is 265 g/mol. The molecule has 2 aromatic rings. The molecule has 0 spiro atoms. The van der Waals surface area contributed by atoms with Crippen molar-refractivity contribution in [1.82, 2.24) is 0 Å². The Balaban J connectivity index is 1.77. The first-order valence-electron chi connectivity index (χ1n) is 7.98. The standard InChI is InChI=1S/C19H23N/c1-12-6-9-17(16-5-3-2-4-15(12)16)19(20)18-11-13-7-8-14(18)10-13/h2-6,9,13-14,18-19H,7-8,10-11,20H2,1H3. The molecule has 2 saturated carbocycles. The molecule has 2 aliphatic rings. The van der Waals surface area contributed by atoms with Crippen LogP contribution in [0.4, 0.5) is 0 Å². The van der Waals surface area contributed by atoms with Gasteiger partial charge in [0.2, 0.25) is 0 Å². The molecule has 1 nitrogen and oxygen atoms in total. The maximum absolute atomic E-state index is 6.70. The summed E-state index contributed by atoms with van der Waals surface area (Å²) >= 11 is 0. The van der Waals surface area contributed by atoms with Crippen LogP contribution in [-0.4, -0.2) is 0 Å². The van der Waals surface area contributed by atoms with Crippen molar-refractivity contribution in [2.45, 2.75) is 38.6 Å². The Morgan fingerprint density at radius 2 is 1.80 bits per heavy atom. The Labute approximate surface area is 121 Å². The van der Waals surface area contributed by atoms with E-state index in [4.69, 9.17) is 5.73 Å². The maximum atomic E-state index is 6.70. The number of rotatable bonds is 2. The quantitative estimate of drug-likeness (QED) is 0.844. The van der Waals surface area contributed by atoms with E-state index in [0.717, 1.165) is 11.8 Å². The lowest BCUT2D eigenvalue weighted by Gasteiger charge is -2.29. The molecule has 2 aromatic carbocycles. The highest BCUT2D eigenvalue weighted by Gasteiger charge is 2.42. The van der Waals surface area contributed by atoms with E-state index in [1.807, 2.05) is 0 Å². The largest absolute Gasteiger partial charge is 0.324 e. The minimum Gasteiger partial charge on any atom is -0.324 e. The molecule has 0 aliphatic heterocycles. The van der Waals surface area contributed by atoms with Crippen LogP contribution in [-0.2, 0) is 0 Å². The minimum absolute atomic E-state index is 0.218. The smallest absolute Gasteiger partial charge is 0.0332 e. The van der Waals surface area contributed by atoms with E-state index >= 15 is 0 Å². The fraction of sp³-hybridized carbons (Fsp3) is 0.474. The molecule has 0 saturated heterocycles. The van der Waals surface area contributed by atoms with Gasteiger partial charge in [-0.3, -0.25) is 0 Å². The minimum atomic E-state index is 0.218. The molecule has 0 amide bonds. The summed E-state index contributed by atoms with van der Waals surface area (Å²) in [6, 6.07) is 13.5. The molecule has 2 N–H and O–H groups in total. The Morgan fingerprint density at radius 3 is 2.50 bits per heavy atom. The van der Waals surface area contributed by atoms with Crippen molar-refractivity contribution in [2.75, 3.05) is 0 Å². The molecule has 20 heavy (non-hydrogen) atoms. The highest BCUT2D eigenvalue weighted by atomic mass is 14.7. The summed E-state index contributed by atoms with van der Waals surface area (Å²) in [4.78, 5) is 0. The third-order valence-corrected chi connectivity index (χ3v) is 5.79. The zero-order valence-corrected chi connectivity index (χ0v) is 12.2. The van der Waals surface area contributed by atoms with E-state index in [-0.39, 0.29) is 6.04 Å². The lowest BCUT2D eigenvalue weighted by Crippen LogP contribution is -2.26. The van der Waals surface area contributed by atoms with Gasteiger partial charge < -0.3 is 5.73 Å². The van der Waals surface area contributed by atoms with Gasteiger partial charge in [-0.2, -0.15) is 0 Å². The molecule has 0 aromatic heterocycles. The van der Waals surface area contributed by atoms with Gasteiger partial charge in [0.1, 0.15) is 0 Å². The van der Waals surface area contributed by atoms with Gasteiger partial charge in [-0.15, -0.1) is 0 Å². The first-order chi connectivity index (χ1) is 9.74. The van der Waals surface area contributed by atoms with Crippen LogP contribution in [0.15, 0.2) is 36.4 Å². The predicted molar refractivity (Wildman–Crippen MR) is 84.6 cm³/mol. The molecule has 0 heterocycles. The fourth-order valence-electron chi connectivity index (χ4n) is 4.73. The lowest BCUT2D eigenvalue weighted by atomic mass is 9.79. The predicted octanol–water partition coefficient (Wildman–Crippen LogP) is 4.58. The summed E-state index contributed by atoms with van der Waals surface area (Å²) < 4.78 is 0. The van der Waals surface area contributed by atoms with Gasteiger partial charge in [0.05, 0.1) is 0 Å². The first kappa shape index (κ1) is 12.4. The van der Waals surface area contributed by atoms with Crippen molar-refractivity contribution in [2.24, 2.45) is 23.5 Å². The van der Waals surface area contributed by atoms with Crippen LogP contribution in [0, 0.1) is 24.7 Å². The Hall–Kier alpha value is -1.34. The van der Waals surface area contributed by atoms with E-state index in [0.29, 0.717) is 5.92 Å². The van der Waals surface area contributed by atoms with Crippen molar-refractivity contribution in [3.8, 4) is 0 Å². The molecular weight excluding hydrogens is 242 g/mol. The Bertz CT molecular complexity index is 645. The van der Waals surface area contributed by atoms with Crippen LogP contribution in [0.5, 0.6) is 0 Å². The summed E-state index contributed by atoms with van der Waals surface area (Å²) in [6.45, 7) is 2.19. The van der Waals surface area contributed by atoms with Crippen LogP contribution in [0.1, 0.15) is 42.9 Å². The number of hydrogen-bond acceptors (Lipinski definition) is 1. The normalized spacial score (nSPS) is 30.0. The highest BCUT2D eigenvalue weighted by molar-refractivity contribution is 5.88. The molecule has 2 bridgehead atoms. The molecule has 0 radical (unpaired) electrons. The molecule has 2 aliphatic carbocycles. The van der Waals surface area contributed by atoms with Crippen LogP contribution in [0.25, 0.3) is 10.8 Å². The Kier molecular flexibility index (Phi) is 2.85. The van der Waals surface area contributed by atoms with E-state index in [2.05, 4.69) is 43.3 Å². The number of fused-ring (bicyclic) bond motifs is 3. The molecule has 4 atom stereocenters. The van der Waals surface area contributed by atoms with E-state index in [1.54, 1.807) is 0 Å². The number of aryl methyl sites for hydroxylation is 1. The molecular formula is C19H23N. The van der Waals surface area contributed by atoms with Crippen molar-refractivity contribution < 1.29 is 0 Å². The van der Waals surface area contributed by atoms with Crippen molar-refractivity contribution in [1.29, 1.82) is 0 Å². The van der Waals surface area contributed by atoms with Crippen LogP contribution in [0.3, 0.4) is 0 Å². The second-order valence-corrected chi connectivity index (χ2v) is 6.88. The zero-order chi connectivity index (χ0) is 13.7. The molecule has 4 rings (SSSR count). The summed E-state index contributed by atoms with van der Waals surface area (Å²) in [5.41, 5.74) is 9.42. The number of benzene rings is 2. The van der Waals surface area contributed by atoms with Crippen LogP contribution in [0.2, 0.25) is 0 Å². The van der Waals surface area contributed by atoms with Gasteiger partial charge in [-0.1, -0.05) is 42.8 Å². The second-order valence-electron chi connectivity index (χ2n) is 6.88. The number of hydrogen-bond donors (Lipinski definition) is 1. The second kappa shape index (κ2) is 4.60. The summed E-state index contributed by atoms with van der Waals surface area (Å²) in [7, 11) is 0. The summed E-state index contributed by atoms with van der Waals surface area (Å²) in [6.07, 6.45) is 5.64. The van der Waals surface area contributed by atoms with Gasteiger partial charge in [-0.25, -0.2) is 0 Å². The highest BCUT2D eigenvalue weighted by Crippen LogP contribution is 2.52. The summed E-state index contributed by atoms with van der Waals surface area (Å²) in [5, 5.41) is 2.73. The maximum Gasteiger partial charge on any atom is 0.0332 e. The van der Waals surface area contributed by atoms with Crippen LogP contribution >= 0.6 is 0 Å². The first-order valence-corrected chi connectivity index (χ1v) is 7.98. The molecule has 4 unspecified atom stereocenters. The van der Waals surface area contributed by atoms with Gasteiger partial charge >= 0.3 is 0 Å². The average molecular weight is 265 g/mol. The van der Waals surface area contributed by atoms with Crippen molar-refractivity contribution in [3.05, 3.63) is 47.5 Å². The SMILES string of the molecule is Cc1ccc(C(N)C2CC3CCC2C3)c2ccccc12. The van der Waals surface area contributed by atoms with E-state index < -0.39 is 0 Å². The topological polar surface area (TPSA) is 26.0 Å². The lowest BCUT2D eigenvalue weighted by molar-refractivity contribution is 0.285. The van der Waals surface area contributed by atoms with Gasteiger partial charge in [0, 0.05) is 6.04 Å². The Morgan fingerprint density at radius 1 is 1.00 bits per heavy atom.